The minimum absolute atomic E-state index is 0.100. The maximum atomic E-state index is 9.06. The molecule has 1 fully saturated rings. The van der Waals surface area contributed by atoms with Gasteiger partial charge >= 0.3 is 0 Å². The van der Waals surface area contributed by atoms with Gasteiger partial charge in [0.1, 0.15) is 12.2 Å². The maximum Gasteiger partial charge on any atom is 0.140 e. The topological polar surface area (TPSA) is 63.0 Å². The molecule has 72 valence electrons. The van der Waals surface area contributed by atoms with Crippen LogP contribution in [0, 0.1) is 0 Å². The van der Waals surface area contributed by atoms with Crippen molar-refractivity contribution in [3.8, 4) is 0 Å². The molecule has 2 rings (SSSR count). The molecular formula is C8H14N4O. The summed E-state index contributed by atoms with van der Waals surface area (Å²) in [5.74, 6) is 0.932. The molecule has 1 saturated carbocycles. The molecule has 0 aromatic carbocycles. The molecule has 1 aromatic heterocycles. The number of nitrogens with one attached hydrogen (secondary N) is 1. The second-order valence-electron chi connectivity index (χ2n) is 3.50. The summed E-state index contributed by atoms with van der Waals surface area (Å²) >= 11 is 0. The average molecular weight is 182 g/mol. The first-order valence-electron chi connectivity index (χ1n) is 4.50. The highest BCUT2D eigenvalue weighted by Crippen LogP contribution is 2.19. The van der Waals surface area contributed by atoms with Crippen molar-refractivity contribution in [3.63, 3.8) is 0 Å². The van der Waals surface area contributed by atoms with Crippen LogP contribution in [0.4, 0.5) is 0 Å². The smallest absolute Gasteiger partial charge is 0.140 e. The van der Waals surface area contributed by atoms with E-state index < -0.39 is 0 Å². The Morgan fingerprint density at radius 1 is 1.69 bits per heavy atom. The lowest BCUT2D eigenvalue weighted by Crippen LogP contribution is -2.44. The molecule has 0 bridgehead atoms. The molecule has 0 atom stereocenters. The van der Waals surface area contributed by atoms with Crippen LogP contribution in [-0.2, 0) is 13.6 Å². The van der Waals surface area contributed by atoms with Crippen LogP contribution in [0.3, 0.4) is 0 Å². The Bertz CT molecular complexity index is 279. The van der Waals surface area contributed by atoms with Gasteiger partial charge in [-0.15, -0.1) is 0 Å². The van der Waals surface area contributed by atoms with Crippen molar-refractivity contribution in [2.24, 2.45) is 7.05 Å². The fourth-order valence-electron chi connectivity index (χ4n) is 1.47. The summed E-state index contributed by atoms with van der Waals surface area (Å²) in [6.45, 7) is 0.730. The Kier molecular flexibility index (Phi) is 2.28. The standard InChI is InChI=1S/C8H14N4O/c1-12-8(10-5-11-12)4-9-6-2-7(13)3-6/h5-7,9,13H,2-4H2,1H3. The fraction of sp³-hybridized carbons (Fsp3) is 0.750. The van der Waals surface area contributed by atoms with Crippen LogP contribution in [0.25, 0.3) is 0 Å². The first-order chi connectivity index (χ1) is 6.25. The van der Waals surface area contributed by atoms with E-state index in [0.29, 0.717) is 6.04 Å². The first-order valence-corrected chi connectivity index (χ1v) is 4.50. The second kappa shape index (κ2) is 3.43. The Morgan fingerprint density at radius 3 is 3.00 bits per heavy atom. The third kappa shape index (κ3) is 1.87. The summed E-state index contributed by atoms with van der Waals surface area (Å²) in [7, 11) is 1.87. The second-order valence-corrected chi connectivity index (χ2v) is 3.50. The van der Waals surface area contributed by atoms with Gasteiger partial charge < -0.3 is 10.4 Å². The molecular weight excluding hydrogens is 168 g/mol. The Labute approximate surface area is 76.8 Å². The highest BCUT2D eigenvalue weighted by Gasteiger charge is 2.26. The highest BCUT2D eigenvalue weighted by molar-refractivity contribution is 4.88. The van der Waals surface area contributed by atoms with Crippen LogP contribution < -0.4 is 5.32 Å². The number of aromatic nitrogens is 3. The van der Waals surface area contributed by atoms with Crippen LogP contribution in [0.2, 0.25) is 0 Å². The molecule has 13 heavy (non-hydrogen) atoms. The summed E-state index contributed by atoms with van der Waals surface area (Å²) in [6.07, 6.45) is 3.17. The molecule has 1 heterocycles. The van der Waals surface area contributed by atoms with Gasteiger partial charge in [-0.05, 0) is 12.8 Å². The van der Waals surface area contributed by atoms with Gasteiger partial charge in [-0.1, -0.05) is 0 Å². The Balaban J connectivity index is 1.77. The summed E-state index contributed by atoms with van der Waals surface area (Å²) in [5, 5.41) is 16.3. The van der Waals surface area contributed by atoms with Gasteiger partial charge in [0.05, 0.1) is 12.6 Å². The quantitative estimate of drug-likeness (QED) is 0.657. The van der Waals surface area contributed by atoms with E-state index in [1.165, 1.54) is 0 Å². The number of aryl methyl sites for hydroxylation is 1. The van der Waals surface area contributed by atoms with Crippen LogP contribution in [0.15, 0.2) is 6.33 Å². The zero-order chi connectivity index (χ0) is 9.26. The maximum absolute atomic E-state index is 9.06. The zero-order valence-corrected chi connectivity index (χ0v) is 7.64. The molecule has 5 heteroatoms. The van der Waals surface area contributed by atoms with Gasteiger partial charge in [0.15, 0.2) is 0 Å². The van der Waals surface area contributed by atoms with Gasteiger partial charge in [0.25, 0.3) is 0 Å². The fourth-order valence-corrected chi connectivity index (χ4v) is 1.47. The number of rotatable bonds is 3. The molecule has 0 spiro atoms. The lowest BCUT2D eigenvalue weighted by molar-refractivity contribution is 0.0615. The third-order valence-corrected chi connectivity index (χ3v) is 2.47. The lowest BCUT2D eigenvalue weighted by atomic mass is 9.89. The van der Waals surface area contributed by atoms with Crippen LogP contribution >= 0.6 is 0 Å². The summed E-state index contributed by atoms with van der Waals surface area (Å²) in [6, 6.07) is 0.451. The zero-order valence-electron chi connectivity index (χ0n) is 7.64. The number of hydrogen-bond acceptors (Lipinski definition) is 4. The highest BCUT2D eigenvalue weighted by atomic mass is 16.3. The van der Waals surface area contributed by atoms with E-state index in [-0.39, 0.29) is 6.10 Å². The normalized spacial score (nSPS) is 27.2. The lowest BCUT2D eigenvalue weighted by Gasteiger charge is -2.31. The van der Waals surface area contributed by atoms with Crippen LogP contribution in [0.5, 0.6) is 0 Å². The number of nitrogens with zero attached hydrogens (tertiary/aromatic N) is 3. The number of aliphatic hydroxyl groups is 1. The van der Waals surface area contributed by atoms with Crippen molar-refractivity contribution in [3.05, 3.63) is 12.2 Å². The van der Waals surface area contributed by atoms with Crippen molar-refractivity contribution >= 4 is 0 Å². The predicted octanol–water partition coefficient (Wildman–Crippen LogP) is -0.572. The summed E-state index contributed by atoms with van der Waals surface area (Å²) < 4.78 is 1.75. The van der Waals surface area contributed by atoms with Gasteiger partial charge in [-0.3, -0.25) is 4.68 Å². The van der Waals surface area contributed by atoms with E-state index in [0.717, 1.165) is 25.2 Å². The van der Waals surface area contributed by atoms with E-state index in [9.17, 15) is 0 Å². The number of hydrogen-bond donors (Lipinski definition) is 2. The SMILES string of the molecule is Cn1ncnc1CNC1CC(O)C1. The van der Waals surface area contributed by atoms with Gasteiger partial charge in [-0.2, -0.15) is 5.10 Å². The van der Waals surface area contributed by atoms with Gasteiger partial charge in [-0.25, -0.2) is 4.98 Å². The van der Waals surface area contributed by atoms with E-state index in [4.69, 9.17) is 5.11 Å². The molecule has 0 radical (unpaired) electrons. The van der Waals surface area contributed by atoms with E-state index in [1.807, 2.05) is 7.05 Å². The third-order valence-electron chi connectivity index (χ3n) is 2.47. The largest absolute Gasteiger partial charge is 0.393 e. The van der Waals surface area contributed by atoms with Crippen molar-refractivity contribution in [1.29, 1.82) is 0 Å². The molecule has 1 aliphatic rings. The van der Waals surface area contributed by atoms with E-state index >= 15 is 0 Å². The molecule has 1 aliphatic carbocycles. The first kappa shape index (κ1) is 8.65. The molecule has 0 amide bonds. The molecule has 0 saturated heterocycles. The minimum Gasteiger partial charge on any atom is -0.393 e. The van der Waals surface area contributed by atoms with Gasteiger partial charge in [0.2, 0.25) is 0 Å². The Hall–Kier alpha value is -0.940. The van der Waals surface area contributed by atoms with E-state index in [1.54, 1.807) is 11.0 Å². The monoisotopic (exact) mass is 182 g/mol. The van der Waals surface area contributed by atoms with Crippen LogP contribution in [0.1, 0.15) is 18.7 Å². The van der Waals surface area contributed by atoms with Crippen molar-refractivity contribution in [2.45, 2.75) is 31.5 Å². The molecule has 0 aliphatic heterocycles. The number of aliphatic hydroxyl groups excluding tert-OH is 1. The predicted molar refractivity (Wildman–Crippen MR) is 46.9 cm³/mol. The van der Waals surface area contributed by atoms with Gasteiger partial charge in [0, 0.05) is 13.1 Å². The van der Waals surface area contributed by atoms with Crippen molar-refractivity contribution in [2.75, 3.05) is 0 Å². The molecule has 0 unspecified atom stereocenters. The summed E-state index contributed by atoms with van der Waals surface area (Å²) in [4.78, 5) is 4.09. The Morgan fingerprint density at radius 2 is 2.46 bits per heavy atom. The van der Waals surface area contributed by atoms with Crippen molar-refractivity contribution in [1.82, 2.24) is 20.1 Å². The van der Waals surface area contributed by atoms with E-state index in [2.05, 4.69) is 15.4 Å². The minimum atomic E-state index is -0.100. The molecule has 1 aromatic rings. The van der Waals surface area contributed by atoms with Crippen molar-refractivity contribution < 1.29 is 5.11 Å². The van der Waals surface area contributed by atoms with Crippen LogP contribution in [-0.4, -0.2) is 32.0 Å². The average Bonchev–Trinajstić information content (AvgIpc) is 2.43. The molecule has 5 nitrogen and oxygen atoms in total. The molecule has 2 N–H and O–H groups in total. The summed E-state index contributed by atoms with van der Waals surface area (Å²) in [5.41, 5.74) is 0.